The van der Waals surface area contributed by atoms with E-state index in [4.69, 9.17) is 4.74 Å². The Balaban J connectivity index is 0.00000225. The van der Waals surface area contributed by atoms with Crippen molar-refractivity contribution in [2.75, 3.05) is 37.8 Å². The monoisotopic (exact) mass is 419 g/mol. The summed E-state index contributed by atoms with van der Waals surface area (Å²) >= 11 is 1.49. The van der Waals surface area contributed by atoms with Gasteiger partial charge in [-0.1, -0.05) is 18.2 Å². The van der Waals surface area contributed by atoms with Gasteiger partial charge in [-0.15, -0.1) is 24.2 Å². The lowest BCUT2D eigenvalue weighted by Gasteiger charge is -2.37. The molecule has 0 radical (unpaired) electrons. The summed E-state index contributed by atoms with van der Waals surface area (Å²) in [6.45, 7) is 2.03. The van der Waals surface area contributed by atoms with Crippen LogP contribution in [0.25, 0.3) is 0 Å². The lowest BCUT2D eigenvalue weighted by atomic mass is 10.0. The molecule has 2 aromatic carbocycles. The van der Waals surface area contributed by atoms with Crippen molar-refractivity contribution in [3.63, 3.8) is 0 Å². The van der Waals surface area contributed by atoms with Crippen molar-refractivity contribution in [3.8, 4) is 5.75 Å². The van der Waals surface area contributed by atoms with E-state index in [1.165, 1.54) is 11.8 Å². The predicted molar refractivity (Wildman–Crippen MR) is 113 cm³/mol. The van der Waals surface area contributed by atoms with Crippen molar-refractivity contribution in [2.24, 2.45) is 0 Å². The van der Waals surface area contributed by atoms with E-state index in [1.807, 2.05) is 41.3 Å². The highest BCUT2D eigenvalue weighted by atomic mass is 35.5. The molecule has 6 nitrogen and oxygen atoms in total. The number of hydrogen-bond donors (Lipinski definition) is 2. The minimum atomic E-state index is -0.109. The van der Waals surface area contributed by atoms with Crippen LogP contribution in [0.3, 0.4) is 0 Å². The van der Waals surface area contributed by atoms with Crippen LogP contribution in [0.2, 0.25) is 0 Å². The van der Waals surface area contributed by atoms with E-state index in [0.29, 0.717) is 30.1 Å². The van der Waals surface area contributed by atoms with Crippen LogP contribution in [0.5, 0.6) is 5.75 Å². The fourth-order valence-corrected chi connectivity index (χ4v) is 4.34. The molecule has 1 unspecified atom stereocenters. The molecular weight excluding hydrogens is 398 g/mol. The second kappa shape index (κ2) is 8.86. The third-order valence-electron chi connectivity index (χ3n) is 4.86. The number of halogens is 1. The number of piperazine rings is 1. The van der Waals surface area contributed by atoms with Gasteiger partial charge in [0.25, 0.3) is 5.91 Å². The van der Waals surface area contributed by atoms with Crippen molar-refractivity contribution >= 4 is 41.7 Å². The number of fused-ring (bicyclic) bond motifs is 1. The fourth-order valence-electron chi connectivity index (χ4n) is 3.55. The molecule has 0 saturated carbocycles. The third kappa shape index (κ3) is 3.97. The molecule has 8 heteroatoms. The number of nitrogens with one attached hydrogen (secondary N) is 2. The number of hydrogen-bond acceptors (Lipinski definition) is 5. The zero-order chi connectivity index (χ0) is 18.8. The number of para-hydroxylation sites is 1. The molecule has 2 heterocycles. The van der Waals surface area contributed by atoms with Gasteiger partial charge >= 0.3 is 0 Å². The Morgan fingerprint density at radius 2 is 2.07 bits per heavy atom. The van der Waals surface area contributed by atoms with Crippen LogP contribution in [-0.2, 0) is 4.79 Å². The number of carbonyl (C=O) groups excluding carboxylic acids is 2. The SMILES string of the molecule is COc1ccccc1C1CNCCN1C(=O)c1ccc2c(c1)NC(=O)CS2.Cl. The van der Waals surface area contributed by atoms with Crippen LogP contribution in [0, 0.1) is 0 Å². The summed E-state index contributed by atoms with van der Waals surface area (Å²) in [6.07, 6.45) is 0. The number of benzene rings is 2. The van der Waals surface area contributed by atoms with Gasteiger partial charge < -0.3 is 20.3 Å². The first-order chi connectivity index (χ1) is 13.2. The maximum atomic E-state index is 13.3. The average Bonchev–Trinajstić information content (AvgIpc) is 2.72. The molecule has 2 amide bonds. The smallest absolute Gasteiger partial charge is 0.254 e. The van der Waals surface area contributed by atoms with Crippen LogP contribution >= 0.6 is 24.2 Å². The van der Waals surface area contributed by atoms with Crippen molar-refractivity contribution in [2.45, 2.75) is 10.9 Å². The highest BCUT2D eigenvalue weighted by Gasteiger charge is 2.31. The number of rotatable bonds is 3. The summed E-state index contributed by atoms with van der Waals surface area (Å²) in [5.41, 5.74) is 2.28. The highest BCUT2D eigenvalue weighted by molar-refractivity contribution is 8.00. The molecule has 2 aliphatic rings. The Bertz CT molecular complexity index is 893. The van der Waals surface area contributed by atoms with E-state index >= 15 is 0 Å². The Labute approximate surface area is 174 Å². The van der Waals surface area contributed by atoms with Gasteiger partial charge in [0.05, 0.1) is 24.6 Å². The lowest BCUT2D eigenvalue weighted by Crippen LogP contribution is -2.48. The summed E-state index contributed by atoms with van der Waals surface area (Å²) in [6, 6.07) is 13.2. The number of amides is 2. The van der Waals surface area contributed by atoms with E-state index in [-0.39, 0.29) is 30.3 Å². The largest absolute Gasteiger partial charge is 0.496 e. The quantitative estimate of drug-likeness (QED) is 0.800. The van der Waals surface area contributed by atoms with Gasteiger partial charge in [-0.25, -0.2) is 0 Å². The number of carbonyl (C=O) groups is 2. The van der Waals surface area contributed by atoms with Crippen LogP contribution in [-0.4, -0.2) is 49.2 Å². The van der Waals surface area contributed by atoms with Crippen LogP contribution in [0.1, 0.15) is 22.0 Å². The molecule has 1 atom stereocenters. The number of ether oxygens (including phenoxy) is 1. The van der Waals surface area contributed by atoms with Crippen molar-refractivity contribution < 1.29 is 14.3 Å². The topological polar surface area (TPSA) is 70.7 Å². The molecule has 1 fully saturated rings. The maximum Gasteiger partial charge on any atom is 0.254 e. The van der Waals surface area contributed by atoms with E-state index in [2.05, 4.69) is 10.6 Å². The Morgan fingerprint density at radius 1 is 1.25 bits per heavy atom. The van der Waals surface area contributed by atoms with Gasteiger partial charge in [0.15, 0.2) is 0 Å². The first kappa shape index (κ1) is 20.5. The Kier molecular flexibility index (Phi) is 6.49. The Morgan fingerprint density at radius 3 is 2.89 bits per heavy atom. The minimum Gasteiger partial charge on any atom is -0.496 e. The van der Waals surface area contributed by atoms with E-state index in [0.717, 1.165) is 22.8 Å². The molecule has 2 aliphatic heterocycles. The molecule has 0 spiro atoms. The molecule has 1 saturated heterocycles. The zero-order valence-electron chi connectivity index (χ0n) is 15.4. The van der Waals surface area contributed by atoms with Crippen LogP contribution in [0.15, 0.2) is 47.4 Å². The minimum absolute atomic E-state index is 0. The number of anilines is 1. The second-order valence-electron chi connectivity index (χ2n) is 6.51. The molecule has 148 valence electrons. The van der Waals surface area contributed by atoms with Gasteiger partial charge in [0.2, 0.25) is 5.91 Å². The van der Waals surface area contributed by atoms with E-state index in [1.54, 1.807) is 13.2 Å². The van der Waals surface area contributed by atoms with Crippen LogP contribution in [0.4, 0.5) is 5.69 Å². The highest BCUT2D eigenvalue weighted by Crippen LogP contribution is 2.34. The van der Waals surface area contributed by atoms with Gasteiger partial charge in [-0.2, -0.15) is 0 Å². The summed E-state index contributed by atoms with van der Waals surface area (Å²) in [5, 5.41) is 6.22. The molecule has 2 N–H and O–H groups in total. The maximum absolute atomic E-state index is 13.3. The van der Waals surface area contributed by atoms with E-state index in [9.17, 15) is 9.59 Å². The Hall–Kier alpha value is -2.22. The second-order valence-corrected chi connectivity index (χ2v) is 7.53. The van der Waals surface area contributed by atoms with Crippen molar-refractivity contribution in [1.82, 2.24) is 10.2 Å². The zero-order valence-corrected chi connectivity index (χ0v) is 17.1. The molecule has 0 aliphatic carbocycles. The predicted octanol–water partition coefficient (Wildman–Crippen LogP) is 2.95. The lowest BCUT2D eigenvalue weighted by molar-refractivity contribution is -0.113. The van der Waals surface area contributed by atoms with Gasteiger partial charge in [-0.3, -0.25) is 9.59 Å². The third-order valence-corrected chi connectivity index (χ3v) is 5.94. The number of nitrogens with zero attached hydrogens (tertiary/aromatic N) is 1. The first-order valence-electron chi connectivity index (χ1n) is 8.88. The first-order valence-corrected chi connectivity index (χ1v) is 9.87. The van der Waals surface area contributed by atoms with E-state index < -0.39 is 0 Å². The van der Waals surface area contributed by atoms with Gasteiger partial charge in [-0.05, 0) is 24.3 Å². The molecule has 0 aromatic heterocycles. The summed E-state index contributed by atoms with van der Waals surface area (Å²) in [5.74, 6) is 1.11. The molecule has 28 heavy (non-hydrogen) atoms. The summed E-state index contributed by atoms with van der Waals surface area (Å²) < 4.78 is 5.50. The number of thioether (sulfide) groups is 1. The molecule has 0 bridgehead atoms. The van der Waals surface area contributed by atoms with Crippen molar-refractivity contribution in [1.29, 1.82) is 0 Å². The molecule has 2 aromatic rings. The molecule has 4 rings (SSSR count). The van der Waals surface area contributed by atoms with Crippen LogP contribution < -0.4 is 15.4 Å². The summed E-state index contributed by atoms with van der Waals surface area (Å²) in [4.78, 5) is 27.8. The van der Waals surface area contributed by atoms with Crippen molar-refractivity contribution in [3.05, 3.63) is 53.6 Å². The van der Waals surface area contributed by atoms with Gasteiger partial charge in [0.1, 0.15) is 5.75 Å². The summed E-state index contributed by atoms with van der Waals surface area (Å²) in [7, 11) is 1.64. The number of methoxy groups -OCH3 is 1. The van der Waals surface area contributed by atoms with Gasteiger partial charge in [0, 0.05) is 35.7 Å². The standard InChI is InChI=1S/C20H21N3O3S.ClH/c1-26-17-5-3-2-4-14(17)16-11-21-8-9-23(16)20(25)13-6-7-18-15(10-13)22-19(24)12-27-18;/h2-7,10,16,21H,8-9,11-12H2,1H3,(H,22,24);1H. The normalized spacial score (nSPS) is 18.5. The fraction of sp³-hybridized carbons (Fsp3) is 0.300. The average molecular weight is 420 g/mol. The molecular formula is C20H22ClN3O3S.